The first-order chi connectivity index (χ1) is 10.0. The lowest BCUT2D eigenvalue weighted by Crippen LogP contribution is -2.47. The molecule has 0 saturated carbocycles. The molecule has 1 saturated heterocycles. The molecule has 1 atom stereocenters. The Morgan fingerprint density at radius 1 is 1.57 bits per heavy atom. The summed E-state index contributed by atoms with van der Waals surface area (Å²) in [6.45, 7) is 8.10. The number of likely N-dealkylation sites (tertiary alicyclic amines) is 1. The normalized spacial score (nSPS) is 19.5. The predicted molar refractivity (Wildman–Crippen MR) is 88.1 cm³/mol. The number of nitrogen functional groups attached to an aromatic ring is 1. The molecule has 0 radical (unpaired) electrons. The van der Waals surface area contributed by atoms with Gasteiger partial charge in [0.15, 0.2) is 5.13 Å². The molecule has 0 bridgehead atoms. The molecular weight excluding hydrogens is 286 g/mol. The van der Waals surface area contributed by atoms with Crippen LogP contribution < -0.4 is 16.0 Å². The third-order valence-corrected chi connectivity index (χ3v) is 5.12. The molecular formula is C14H25N5OS. The number of piperidine rings is 1. The number of carbonyl (C=O) groups is 1. The van der Waals surface area contributed by atoms with Gasteiger partial charge in [0.05, 0.1) is 0 Å². The van der Waals surface area contributed by atoms with Crippen LogP contribution in [-0.2, 0) is 0 Å². The van der Waals surface area contributed by atoms with Crippen LogP contribution in [0.5, 0.6) is 0 Å². The lowest BCUT2D eigenvalue weighted by molar-refractivity contribution is 0.0910. The number of anilines is 2. The number of nitrogens with one attached hydrogen (secondary N) is 1. The Balaban J connectivity index is 2.01. The predicted octanol–water partition coefficient (Wildman–Crippen LogP) is 1.40. The van der Waals surface area contributed by atoms with Gasteiger partial charge < -0.3 is 20.9 Å². The highest BCUT2D eigenvalue weighted by Gasteiger charge is 2.23. The van der Waals surface area contributed by atoms with Gasteiger partial charge in [-0.15, -0.1) is 0 Å². The summed E-state index contributed by atoms with van der Waals surface area (Å²) >= 11 is 1.36. The molecule has 1 aromatic heterocycles. The first-order valence-electron chi connectivity index (χ1n) is 7.55. The van der Waals surface area contributed by atoms with E-state index < -0.39 is 0 Å². The van der Waals surface area contributed by atoms with E-state index in [0.717, 1.165) is 44.2 Å². The second-order valence-corrected chi connectivity index (χ2v) is 6.41. The molecule has 3 N–H and O–H groups in total. The highest BCUT2D eigenvalue weighted by atomic mass is 32.1. The monoisotopic (exact) mass is 311 g/mol. The summed E-state index contributed by atoms with van der Waals surface area (Å²) < 4.78 is 0. The minimum Gasteiger partial charge on any atom is -0.382 e. The Morgan fingerprint density at radius 3 is 3.00 bits per heavy atom. The first kappa shape index (κ1) is 16.0. The molecule has 1 amide bonds. The van der Waals surface area contributed by atoms with E-state index in [2.05, 4.69) is 22.1 Å². The number of rotatable bonds is 5. The standard InChI is InChI=1S/C14H25N5OS/c1-4-18(3)14-17-12(15)11(21-14)13(20)16-10-7-6-8-19(5-2)9-10/h10H,4-9,15H2,1-3H3,(H,16,20). The molecule has 1 aliphatic heterocycles. The zero-order valence-electron chi connectivity index (χ0n) is 13.1. The summed E-state index contributed by atoms with van der Waals surface area (Å²) in [7, 11) is 1.94. The molecule has 21 heavy (non-hydrogen) atoms. The van der Waals surface area contributed by atoms with Gasteiger partial charge in [-0.1, -0.05) is 18.3 Å². The van der Waals surface area contributed by atoms with Gasteiger partial charge in [0, 0.05) is 26.2 Å². The number of aromatic nitrogens is 1. The van der Waals surface area contributed by atoms with E-state index in [9.17, 15) is 4.79 Å². The van der Waals surface area contributed by atoms with Crippen molar-refractivity contribution in [2.45, 2.75) is 32.7 Å². The average molecular weight is 311 g/mol. The van der Waals surface area contributed by atoms with E-state index in [1.54, 1.807) is 0 Å². The molecule has 6 nitrogen and oxygen atoms in total. The second-order valence-electron chi connectivity index (χ2n) is 5.43. The first-order valence-corrected chi connectivity index (χ1v) is 8.37. The molecule has 1 fully saturated rings. The number of nitrogens with zero attached hydrogens (tertiary/aromatic N) is 3. The van der Waals surface area contributed by atoms with Crippen molar-refractivity contribution in [2.24, 2.45) is 0 Å². The van der Waals surface area contributed by atoms with Crippen LogP contribution in [0.3, 0.4) is 0 Å². The van der Waals surface area contributed by atoms with Crippen LogP contribution in [0.2, 0.25) is 0 Å². The largest absolute Gasteiger partial charge is 0.382 e. The van der Waals surface area contributed by atoms with Crippen molar-refractivity contribution >= 4 is 28.2 Å². The Hall–Kier alpha value is -1.34. The summed E-state index contributed by atoms with van der Waals surface area (Å²) in [5.41, 5.74) is 5.89. The van der Waals surface area contributed by atoms with Crippen molar-refractivity contribution in [3.8, 4) is 0 Å². The molecule has 2 rings (SSSR count). The van der Waals surface area contributed by atoms with Gasteiger partial charge in [0.2, 0.25) is 0 Å². The lowest BCUT2D eigenvalue weighted by atomic mass is 10.1. The summed E-state index contributed by atoms with van der Waals surface area (Å²) in [6, 6.07) is 0.208. The fraction of sp³-hybridized carbons (Fsp3) is 0.714. The van der Waals surface area contributed by atoms with Crippen molar-refractivity contribution in [3.63, 3.8) is 0 Å². The number of carbonyl (C=O) groups excluding carboxylic acids is 1. The average Bonchev–Trinajstić information content (AvgIpc) is 2.88. The third kappa shape index (κ3) is 3.85. The quantitative estimate of drug-likeness (QED) is 0.860. The van der Waals surface area contributed by atoms with E-state index >= 15 is 0 Å². The smallest absolute Gasteiger partial charge is 0.265 e. The molecule has 2 heterocycles. The number of hydrogen-bond donors (Lipinski definition) is 2. The van der Waals surface area contributed by atoms with Gasteiger partial charge in [-0.25, -0.2) is 4.98 Å². The highest BCUT2D eigenvalue weighted by molar-refractivity contribution is 7.18. The Kier molecular flexibility index (Phi) is 5.41. The van der Waals surface area contributed by atoms with E-state index in [4.69, 9.17) is 5.73 Å². The Labute approximate surface area is 130 Å². The zero-order chi connectivity index (χ0) is 15.4. The molecule has 1 aliphatic rings. The van der Waals surface area contributed by atoms with Crippen LogP contribution in [0, 0.1) is 0 Å². The Bertz CT molecular complexity index is 490. The fourth-order valence-corrected chi connectivity index (χ4v) is 3.41. The molecule has 1 unspecified atom stereocenters. The van der Waals surface area contributed by atoms with Crippen molar-refractivity contribution in [1.82, 2.24) is 15.2 Å². The van der Waals surface area contributed by atoms with Crippen LogP contribution in [0.1, 0.15) is 36.4 Å². The van der Waals surface area contributed by atoms with E-state index in [1.807, 2.05) is 18.9 Å². The number of amides is 1. The summed E-state index contributed by atoms with van der Waals surface area (Å²) in [5.74, 6) is 0.236. The third-order valence-electron chi connectivity index (χ3n) is 3.94. The molecule has 7 heteroatoms. The molecule has 0 spiro atoms. The van der Waals surface area contributed by atoms with Crippen LogP contribution in [0.4, 0.5) is 10.9 Å². The number of nitrogens with two attached hydrogens (primary N) is 1. The molecule has 0 aliphatic carbocycles. The van der Waals surface area contributed by atoms with Crippen molar-refractivity contribution in [1.29, 1.82) is 0 Å². The van der Waals surface area contributed by atoms with Crippen LogP contribution >= 0.6 is 11.3 Å². The van der Waals surface area contributed by atoms with Crippen molar-refractivity contribution < 1.29 is 4.79 Å². The SMILES string of the molecule is CCN1CCCC(NC(=O)c2sc(N(C)CC)nc2N)C1. The summed E-state index contributed by atoms with van der Waals surface area (Å²) in [4.78, 5) is 21.5. The maximum absolute atomic E-state index is 12.4. The molecule has 1 aromatic rings. The number of hydrogen-bond acceptors (Lipinski definition) is 6. The fourth-order valence-electron chi connectivity index (χ4n) is 2.49. The Morgan fingerprint density at radius 2 is 2.33 bits per heavy atom. The van der Waals surface area contributed by atoms with Gasteiger partial charge in [-0.05, 0) is 32.9 Å². The van der Waals surface area contributed by atoms with E-state index in [0.29, 0.717) is 10.7 Å². The minimum atomic E-state index is -0.0938. The topological polar surface area (TPSA) is 74.5 Å². The van der Waals surface area contributed by atoms with Gasteiger partial charge in [-0.3, -0.25) is 4.79 Å². The van der Waals surface area contributed by atoms with Crippen LogP contribution in [0.15, 0.2) is 0 Å². The highest BCUT2D eigenvalue weighted by Crippen LogP contribution is 2.27. The maximum Gasteiger partial charge on any atom is 0.265 e. The van der Waals surface area contributed by atoms with Crippen molar-refractivity contribution in [2.75, 3.05) is 43.9 Å². The van der Waals surface area contributed by atoms with Gasteiger partial charge in [-0.2, -0.15) is 0 Å². The van der Waals surface area contributed by atoms with Gasteiger partial charge in [0.1, 0.15) is 10.7 Å². The minimum absolute atomic E-state index is 0.0938. The van der Waals surface area contributed by atoms with E-state index in [1.165, 1.54) is 11.3 Å². The van der Waals surface area contributed by atoms with Crippen LogP contribution in [-0.4, -0.2) is 55.1 Å². The number of thiazole rings is 1. The van der Waals surface area contributed by atoms with Gasteiger partial charge >= 0.3 is 0 Å². The van der Waals surface area contributed by atoms with Gasteiger partial charge in [0.25, 0.3) is 5.91 Å². The van der Waals surface area contributed by atoms with Crippen LogP contribution in [0.25, 0.3) is 0 Å². The molecule has 118 valence electrons. The second kappa shape index (κ2) is 7.09. The number of likely N-dealkylation sites (N-methyl/N-ethyl adjacent to an activating group) is 1. The van der Waals surface area contributed by atoms with Crippen molar-refractivity contribution in [3.05, 3.63) is 4.88 Å². The lowest BCUT2D eigenvalue weighted by Gasteiger charge is -2.32. The molecule has 0 aromatic carbocycles. The van der Waals surface area contributed by atoms with E-state index in [-0.39, 0.29) is 11.9 Å². The summed E-state index contributed by atoms with van der Waals surface area (Å²) in [5, 5.41) is 3.89. The summed E-state index contributed by atoms with van der Waals surface area (Å²) in [6.07, 6.45) is 2.16. The zero-order valence-corrected chi connectivity index (χ0v) is 13.9. The maximum atomic E-state index is 12.4.